The number of hydrogen-bond donors (Lipinski definition) is 1. The van der Waals surface area contributed by atoms with Crippen LogP contribution in [0.4, 0.5) is 0 Å². The van der Waals surface area contributed by atoms with Crippen LogP contribution in [0.5, 0.6) is 0 Å². The second-order valence-electron chi connectivity index (χ2n) is 14.7. The summed E-state index contributed by atoms with van der Waals surface area (Å²) in [6, 6.07) is 0. The largest absolute Gasteiger partial charge is 0.474 e. The molecular formula is C31H52O4S4Si. The molecule has 0 heterocycles. The van der Waals surface area contributed by atoms with Crippen LogP contribution in [0.15, 0.2) is 23.3 Å². The van der Waals surface area contributed by atoms with Crippen molar-refractivity contribution in [3.05, 3.63) is 23.3 Å². The van der Waals surface area contributed by atoms with E-state index in [1.54, 1.807) is 0 Å². The van der Waals surface area contributed by atoms with Gasteiger partial charge in [0.1, 0.15) is 12.2 Å². The maximum Gasteiger partial charge on any atom is 0.220 e. The highest BCUT2D eigenvalue weighted by Gasteiger charge is 2.67. The summed E-state index contributed by atoms with van der Waals surface area (Å²) in [5.41, 5.74) is 2.38. The van der Waals surface area contributed by atoms with Crippen molar-refractivity contribution in [2.24, 2.45) is 22.2 Å². The lowest BCUT2D eigenvalue weighted by Gasteiger charge is -2.64. The van der Waals surface area contributed by atoms with Gasteiger partial charge in [-0.1, -0.05) is 84.1 Å². The highest BCUT2D eigenvalue weighted by atomic mass is 32.2. The van der Waals surface area contributed by atoms with E-state index >= 15 is 0 Å². The number of fused-ring (bicyclic) bond motifs is 3. The molecule has 2 fully saturated rings. The van der Waals surface area contributed by atoms with Crippen molar-refractivity contribution in [3.8, 4) is 0 Å². The molecule has 0 radical (unpaired) electrons. The van der Waals surface area contributed by atoms with E-state index in [9.17, 15) is 5.11 Å². The minimum Gasteiger partial charge on any atom is -0.474 e. The molecule has 2 saturated carbocycles. The standard InChI is InChI=1S/C31H52O4S4Si/c1-18-16-22(33-26(36)38-10)31(9)25(34-27(37)39-11)24-19(2)20(32)14-15-30(24,8)17-21(23(18)29(31,6)7)35-40(12,13)28(3,4)5/h20-22,24-25,32H,2,14-17H2,1,3-13H3/t20-,21-,22-,24-,25-,30-,31-/m0/s1. The molecule has 0 saturated heterocycles. The van der Waals surface area contributed by atoms with Crippen LogP contribution in [0.2, 0.25) is 18.1 Å². The first-order chi connectivity index (χ1) is 18.2. The molecule has 0 unspecified atom stereocenters. The minimum atomic E-state index is -2.14. The predicted molar refractivity (Wildman–Crippen MR) is 184 cm³/mol. The fourth-order valence-corrected chi connectivity index (χ4v) is 9.37. The molecule has 2 bridgehead atoms. The Labute approximate surface area is 264 Å². The number of hydrogen-bond acceptors (Lipinski definition) is 8. The first-order valence-corrected chi connectivity index (χ1v) is 20.6. The van der Waals surface area contributed by atoms with E-state index in [0.29, 0.717) is 15.2 Å². The van der Waals surface area contributed by atoms with Crippen LogP contribution in [0.3, 0.4) is 0 Å². The van der Waals surface area contributed by atoms with Crippen LogP contribution in [0, 0.1) is 22.2 Å². The Balaban J connectivity index is 2.39. The Morgan fingerprint density at radius 3 is 2.12 bits per heavy atom. The Bertz CT molecular complexity index is 1060. The quantitative estimate of drug-likeness (QED) is 0.185. The van der Waals surface area contributed by atoms with Gasteiger partial charge >= 0.3 is 0 Å². The molecule has 0 aromatic rings. The van der Waals surface area contributed by atoms with Crippen molar-refractivity contribution in [2.45, 2.75) is 124 Å². The number of rotatable bonds is 4. The van der Waals surface area contributed by atoms with Crippen molar-refractivity contribution in [1.29, 1.82) is 0 Å². The number of thioether (sulfide) groups is 2. The Kier molecular flexibility index (Phi) is 10.3. The minimum absolute atomic E-state index is 0.0485. The van der Waals surface area contributed by atoms with Crippen LogP contribution in [0.1, 0.15) is 81.1 Å². The van der Waals surface area contributed by atoms with E-state index in [1.165, 1.54) is 34.7 Å². The predicted octanol–water partition coefficient (Wildman–Crippen LogP) is 8.93. The zero-order valence-corrected chi connectivity index (χ0v) is 31.0. The molecule has 0 aliphatic heterocycles. The third kappa shape index (κ3) is 5.92. The molecule has 0 amide bonds. The normalized spacial score (nSPS) is 36.3. The summed E-state index contributed by atoms with van der Waals surface area (Å²) < 4.78 is 22.0. The lowest BCUT2D eigenvalue weighted by Crippen LogP contribution is -2.66. The van der Waals surface area contributed by atoms with Gasteiger partial charge in [-0.25, -0.2) is 0 Å². The molecule has 40 heavy (non-hydrogen) atoms. The van der Waals surface area contributed by atoms with E-state index in [4.69, 9.17) is 38.3 Å². The zero-order valence-electron chi connectivity index (χ0n) is 26.7. The van der Waals surface area contributed by atoms with Crippen LogP contribution in [-0.4, -0.2) is 59.1 Å². The van der Waals surface area contributed by atoms with Crippen molar-refractivity contribution >= 4 is 65.0 Å². The molecule has 3 aliphatic carbocycles. The van der Waals surface area contributed by atoms with Crippen LogP contribution in [-0.2, 0) is 13.9 Å². The average molecular weight is 645 g/mol. The Morgan fingerprint density at radius 1 is 1.05 bits per heavy atom. The lowest BCUT2D eigenvalue weighted by atomic mass is 9.44. The molecular weight excluding hydrogens is 593 g/mol. The Hall–Kier alpha value is 0.0969. The highest BCUT2D eigenvalue weighted by Crippen LogP contribution is 2.66. The van der Waals surface area contributed by atoms with Gasteiger partial charge in [-0.15, -0.1) is 0 Å². The molecule has 1 N–H and O–H groups in total. The van der Waals surface area contributed by atoms with Gasteiger partial charge in [-0.3, -0.25) is 0 Å². The van der Waals surface area contributed by atoms with E-state index in [0.717, 1.165) is 24.8 Å². The average Bonchev–Trinajstić information content (AvgIpc) is 2.82. The maximum absolute atomic E-state index is 11.2. The molecule has 0 spiro atoms. The number of aliphatic hydroxyl groups excluding tert-OH is 1. The molecule has 228 valence electrons. The van der Waals surface area contributed by atoms with Crippen LogP contribution in [0.25, 0.3) is 0 Å². The topological polar surface area (TPSA) is 47.9 Å². The van der Waals surface area contributed by atoms with Crippen LogP contribution < -0.4 is 0 Å². The van der Waals surface area contributed by atoms with Gasteiger partial charge in [-0.2, -0.15) is 0 Å². The summed E-state index contributed by atoms with van der Waals surface area (Å²) in [7, 11) is -2.14. The van der Waals surface area contributed by atoms with Crippen molar-refractivity contribution in [3.63, 3.8) is 0 Å². The number of ether oxygens (including phenoxy) is 2. The van der Waals surface area contributed by atoms with E-state index in [1.807, 2.05) is 12.5 Å². The lowest BCUT2D eigenvalue weighted by molar-refractivity contribution is -0.165. The summed E-state index contributed by atoms with van der Waals surface area (Å²) in [5.74, 6) is -0.134. The van der Waals surface area contributed by atoms with Gasteiger partial charge in [0, 0.05) is 17.8 Å². The van der Waals surface area contributed by atoms with E-state index in [-0.39, 0.29) is 40.1 Å². The second kappa shape index (κ2) is 11.9. The van der Waals surface area contributed by atoms with Gasteiger partial charge < -0.3 is 19.0 Å². The summed E-state index contributed by atoms with van der Waals surface area (Å²) in [6.45, 7) is 27.7. The highest BCUT2D eigenvalue weighted by molar-refractivity contribution is 8.22. The van der Waals surface area contributed by atoms with Gasteiger partial charge in [0.25, 0.3) is 0 Å². The van der Waals surface area contributed by atoms with Crippen LogP contribution >= 0.6 is 48.0 Å². The first kappa shape index (κ1) is 34.6. The maximum atomic E-state index is 11.2. The van der Waals surface area contributed by atoms with Gasteiger partial charge in [0.05, 0.1) is 17.6 Å². The summed E-state index contributed by atoms with van der Waals surface area (Å²) in [4.78, 5) is 0. The molecule has 4 nitrogen and oxygen atoms in total. The third-order valence-corrected chi connectivity index (χ3v) is 17.7. The summed E-state index contributed by atoms with van der Waals surface area (Å²) in [5, 5.41) is 11.3. The Morgan fingerprint density at radius 2 is 1.60 bits per heavy atom. The molecule has 9 heteroatoms. The summed E-state index contributed by atoms with van der Waals surface area (Å²) in [6.07, 6.45) is 5.83. The monoisotopic (exact) mass is 644 g/mol. The van der Waals surface area contributed by atoms with Crippen molar-refractivity contribution < 1.29 is 19.0 Å². The first-order valence-electron chi connectivity index (χ1n) is 14.4. The second-order valence-corrected chi connectivity index (χ2v) is 22.3. The molecule has 7 atom stereocenters. The number of aliphatic hydroxyl groups is 1. The molecule has 3 aliphatic rings. The van der Waals surface area contributed by atoms with Crippen molar-refractivity contribution in [1.82, 2.24) is 0 Å². The van der Waals surface area contributed by atoms with Gasteiger partial charge in [0.15, 0.2) is 8.32 Å². The van der Waals surface area contributed by atoms with Gasteiger partial charge in [0.2, 0.25) is 8.77 Å². The molecule has 0 aromatic carbocycles. The summed E-state index contributed by atoms with van der Waals surface area (Å²) >= 11 is 14.3. The fourth-order valence-electron chi connectivity index (χ4n) is 7.47. The molecule has 0 aromatic heterocycles. The third-order valence-electron chi connectivity index (χ3n) is 11.1. The van der Waals surface area contributed by atoms with Gasteiger partial charge in [-0.05, 0) is 97.8 Å². The fraction of sp³-hybridized carbons (Fsp3) is 0.806. The van der Waals surface area contributed by atoms with Crippen molar-refractivity contribution in [2.75, 3.05) is 12.5 Å². The van der Waals surface area contributed by atoms with E-state index < -0.39 is 19.8 Å². The molecule has 3 rings (SSSR count). The zero-order chi connectivity index (χ0) is 30.6. The SMILES string of the molecule is C=C1[C@@H](O)CC[C@@]2(C)C[C@H](O[Si](C)(C)C(C)(C)C)C3=C(C)C[C@H](OC(=S)SC)[C@@](C)([C@@H](OC(=S)SC)[C@H]12)C3(C)C. The number of thiocarbonyl (C=S) groups is 2. The smallest absolute Gasteiger partial charge is 0.220 e. The van der Waals surface area contributed by atoms with E-state index in [2.05, 4.69) is 75.1 Å².